The number of hydrogen-bond acceptors (Lipinski definition) is 0. The average molecular weight is 303 g/mol. The highest BCUT2D eigenvalue weighted by Gasteiger charge is 2.12. The quantitative estimate of drug-likeness (QED) is 0.674. The summed E-state index contributed by atoms with van der Waals surface area (Å²) in [7, 11) is 0. The van der Waals surface area contributed by atoms with E-state index in [9.17, 15) is 4.39 Å². The molecule has 0 saturated carbocycles. The van der Waals surface area contributed by atoms with Gasteiger partial charge in [-0.05, 0) is 41.0 Å². The van der Waals surface area contributed by atoms with E-state index in [0.29, 0.717) is 11.1 Å². The van der Waals surface area contributed by atoms with Gasteiger partial charge < -0.3 is 0 Å². The molecule has 0 radical (unpaired) electrons. The molecule has 1 unspecified atom stereocenters. The third kappa shape index (κ3) is 2.98. The Hall–Kier alpha value is -1.63. The van der Waals surface area contributed by atoms with E-state index in [-0.39, 0.29) is 0 Å². The number of halogens is 2. The first kappa shape index (κ1) is 12.8. The minimum Gasteiger partial charge on any atom is -0.237 e. The molecule has 2 rings (SSSR count). The van der Waals surface area contributed by atoms with Crippen molar-refractivity contribution in [2.24, 2.45) is 0 Å². The molecule has 0 aliphatic rings. The van der Waals surface area contributed by atoms with Crippen LogP contribution in [0, 0.1) is 0 Å². The summed E-state index contributed by atoms with van der Waals surface area (Å²) in [5, 5.41) is 0. The Bertz CT molecular complexity index is 580. The summed E-state index contributed by atoms with van der Waals surface area (Å²) in [5.74, 6) is 0. The summed E-state index contributed by atoms with van der Waals surface area (Å²) in [6.07, 6.45) is 0.619. The molecular weight excluding hydrogens is 291 g/mol. The first-order chi connectivity index (χ1) is 8.70. The molecule has 0 fully saturated rings. The number of benzene rings is 2. The predicted octanol–water partition coefficient (Wildman–Crippen LogP) is 5.31. The Labute approximate surface area is 115 Å². The molecule has 2 heteroatoms. The summed E-state index contributed by atoms with van der Waals surface area (Å²) >= 11 is 3.34. The zero-order valence-corrected chi connectivity index (χ0v) is 11.3. The van der Waals surface area contributed by atoms with E-state index < -0.39 is 6.17 Å². The molecule has 2 aromatic rings. The molecule has 2 aromatic carbocycles. The maximum atomic E-state index is 14.4. The van der Waals surface area contributed by atoms with Gasteiger partial charge in [0.15, 0.2) is 6.17 Å². The van der Waals surface area contributed by atoms with Crippen LogP contribution in [0.15, 0.2) is 65.3 Å². The highest BCUT2D eigenvalue weighted by Crippen LogP contribution is 2.27. The largest absolute Gasteiger partial charge is 0.237 e. The fourth-order valence-corrected chi connectivity index (χ4v) is 2.01. The fraction of sp³-hybridized carbons (Fsp3) is 0.0625. The van der Waals surface area contributed by atoms with Gasteiger partial charge in [0.1, 0.15) is 0 Å². The molecule has 0 nitrogen and oxygen atoms in total. The lowest BCUT2D eigenvalue weighted by Gasteiger charge is -2.09. The smallest absolute Gasteiger partial charge is 0.150 e. The standard InChI is InChI=1S/C16H12BrF/c1-2-4-12-5-3-6-14(11-12)16(18)13-7-9-15(17)10-8-13/h3-11,16H,1H2. The van der Waals surface area contributed by atoms with Crippen molar-refractivity contribution < 1.29 is 4.39 Å². The van der Waals surface area contributed by atoms with Gasteiger partial charge in [-0.15, -0.1) is 5.73 Å². The SMILES string of the molecule is C=C=Cc1cccc(C(F)c2ccc(Br)cc2)c1. The minimum atomic E-state index is -1.11. The summed E-state index contributed by atoms with van der Waals surface area (Å²) in [5.41, 5.74) is 4.89. The number of alkyl halides is 1. The summed E-state index contributed by atoms with van der Waals surface area (Å²) in [4.78, 5) is 0. The lowest BCUT2D eigenvalue weighted by molar-refractivity contribution is 0.402. The van der Waals surface area contributed by atoms with Crippen LogP contribution >= 0.6 is 15.9 Å². The van der Waals surface area contributed by atoms with Gasteiger partial charge in [-0.3, -0.25) is 0 Å². The van der Waals surface area contributed by atoms with Crippen molar-refractivity contribution in [1.82, 2.24) is 0 Å². The molecule has 0 aromatic heterocycles. The van der Waals surface area contributed by atoms with E-state index in [1.165, 1.54) is 0 Å². The highest BCUT2D eigenvalue weighted by atomic mass is 79.9. The Kier molecular flexibility index (Phi) is 4.14. The van der Waals surface area contributed by atoms with Crippen LogP contribution in [-0.4, -0.2) is 0 Å². The molecule has 1 atom stereocenters. The van der Waals surface area contributed by atoms with E-state index in [1.54, 1.807) is 24.3 Å². The van der Waals surface area contributed by atoms with Crippen molar-refractivity contribution in [1.29, 1.82) is 0 Å². The van der Waals surface area contributed by atoms with Crippen LogP contribution in [0.1, 0.15) is 22.9 Å². The van der Waals surface area contributed by atoms with E-state index in [4.69, 9.17) is 0 Å². The number of hydrogen-bond donors (Lipinski definition) is 0. The van der Waals surface area contributed by atoms with Gasteiger partial charge in [0.05, 0.1) is 0 Å². The third-order valence-electron chi connectivity index (χ3n) is 2.63. The second-order valence-corrected chi connectivity index (χ2v) is 4.85. The van der Waals surface area contributed by atoms with Crippen molar-refractivity contribution in [2.45, 2.75) is 6.17 Å². The third-order valence-corrected chi connectivity index (χ3v) is 3.16. The maximum absolute atomic E-state index is 14.4. The van der Waals surface area contributed by atoms with Crippen molar-refractivity contribution in [3.05, 3.63) is 82.0 Å². The summed E-state index contributed by atoms with van der Waals surface area (Å²) < 4.78 is 15.3. The highest BCUT2D eigenvalue weighted by molar-refractivity contribution is 9.10. The molecule has 0 amide bonds. The van der Waals surface area contributed by atoms with Gasteiger partial charge in [-0.25, -0.2) is 4.39 Å². The fourth-order valence-electron chi connectivity index (χ4n) is 1.75. The molecule has 90 valence electrons. The van der Waals surface area contributed by atoms with Crippen LogP contribution in [0.25, 0.3) is 6.08 Å². The Morgan fingerprint density at radius 1 is 1.11 bits per heavy atom. The van der Waals surface area contributed by atoms with Crippen LogP contribution in [-0.2, 0) is 0 Å². The van der Waals surface area contributed by atoms with Crippen molar-refractivity contribution in [2.75, 3.05) is 0 Å². The van der Waals surface area contributed by atoms with Gasteiger partial charge in [-0.1, -0.05) is 52.8 Å². The second-order valence-electron chi connectivity index (χ2n) is 3.93. The first-order valence-corrected chi connectivity index (χ1v) is 6.35. The van der Waals surface area contributed by atoms with Gasteiger partial charge in [-0.2, -0.15) is 0 Å². The van der Waals surface area contributed by atoms with Crippen LogP contribution in [0.3, 0.4) is 0 Å². The average Bonchev–Trinajstić information content (AvgIpc) is 2.39. The first-order valence-electron chi connectivity index (χ1n) is 5.56. The van der Waals surface area contributed by atoms with Crippen molar-refractivity contribution >= 4 is 22.0 Å². The number of rotatable bonds is 3. The molecule has 0 saturated heterocycles. The second kappa shape index (κ2) is 5.81. The minimum absolute atomic E-state index is 0.640. The Morgan fingerprint density at radius 2 is 1.83 bits per heavy atom. The van der Waals surface area contributed by atoms with Crippen LogP contribution in [0.4, 0.5) is 4.39 Å². The zero-order chi connectivity index (χ0) is 13.0. The van der Waals surface area contributed by atoms with Crippen LogP contribution in [0.5, 0.6) is 0 Å². The van der Waals surface area contributed by atoms with Gasteiger partial charge in [0.2, 0.25) is 0 Å². The topological polar surface area (TPSA) is 0 Å². The van der Waals surface area contributed by atoms with E-state index in [2.05, 4.69) is 28.2 Å². The summed E-state index contributed by atoms with van der Waals surface area (Å²) in [6, 6.07) is 14.6. The van der Waals surface area contributed by atoms with Gasteiger partial charge in [0.25, 0.3) is 0 Å². The normalized spacial score (nSPS) is 11.7. The van der Waals surface area contributed by atoms with E-state index in [0.717, 1.165) is 10.0 Å². The zero-order valence-electron chi connectivity index (χ0n) is 9.74. The Morgan fingerprint density at radius 3 is 2.50 bits per heavy atom. The molecule has 18 heavy (non-hydrogen) atoms. The lowest BCUT2D eigenvalue weighted by atomic mass is 10.0. The summed E-state index contributed by atoms with van der Waals surface area (Å²) in [6.45, 7) is 3.52. The molecule has 0 bridgehead atoms. The predicted molar refractivity (Wildman–Crippen MR) is 77.1 cm³/mol. The van der Waals surface area contributed by atoms with E-state index in [1.807, 2.05) is 30.3 Å². The lowest BCUT2D eigenvalue weighted by Crippen LogP contribution is -1.94. The maximum Gasteiger partial charge on any atom is 0.150 e. The van der Waals surface area contributed by atoms with Gasteiger partial charge >= 0.3 is 0 Å². The van der Waals surface area contributed by atoms with E-state index >= 15 is 0 Å². The molecular formula is C16H12BrF. The van der Waals surface area contributed by atoms with Crippen LogP contribution < -0.4 is 0 Å². The molecule has 0 aliphatic heterocycles. The molecule has 0 aliphatic carbocycles. The molecule has 0 spiro atoms. The van der Waals surface area contributed by atoms with Crippen LogP contribution in [0.2, 0.25) is 0 Å². The van der Waals surface area contributed by atoms with Crippen molar-refractivity contribution in [3.8, 4) is 0 Å². The molecule has 0 N–H and O–H groups in total. The van der Waals surface area contributed by atoms with Crippen molar-refractivity contribution in [3.63, 3.8) is 0 Å². The monoisotopic (exact) mass is 302 g/mol. The van der Waals surface area contributed by atoms with Gasteiger partial charge in [0, 0.05) is 4.47 Å². The Balaban J connectivity index is 2.33. The molecule has 0 heterocycles.